The second kappa shape index (κ2) is 8.10. The second-order valence-corrected chi connectivity index (χ2v) is 14.1. The first-order valence-electron chi connectivity index (χ1n) is 14.8. The molecule has 6 bridgehead atoms. The Morgan fingerprint density at radius 1 is 1.05 bits per heavy atom. The van der Waals surface area contributed by atoms with Gasteiger partial charge in [-0.25, -0.2) is 0 Å². The second-order valence-electron chi connectivity index (χ2n) is 14.1. The number of fused-ring (bicyclic) bond motifs is 10. The summed E-state index contributed by atoms with van der Waals surface area (Å²) in [6.45, 7) is 4.56. The Labute approximate surface area is 222 Å². The lowest BCUT2D eigenvalue weighted by molar-refractivity contribution is -0.309. The van der Waals surface area contributed by atoms with E-state index in [1.165, 1.54) is 44.1 Å². The summed E-state index contributed by atoms with van der Waals surface area (Å²) in [4.78, 5) is 0. The molecule has 5 aliphatic carbocycles. The molecule has 4 nitrogen and oxygen atoms in total. The topological polar surface area (TPSA) is 75.7 Å². The third kappa shape index (κ3) is 3.39. The number of aliphatic hydroxyl groups is 1. The Hall–Kier alpha value is -1.80. The Kier molecular flexibility index (Phi) is 5.31. The molecule has 1 aromatic carbocycles. The maximum absolute atomic E-state index is 10.4. The van der Waals surface area contributed by atoms with Crippen LogP contribution in [-0.2, 0) is 4.74 Å². The number of ether oxygens (including phenoxy) is 1. The van der Waals surface area contributed by atoms with E-state index in [0.29, 0.717) is 35.3 Å². The van der Waals surface area contributed by atoms with Crippen LogP contribution in [0.5, 0.6) is 5.75 Å². The highest BCUT2D eigenvalue weighted by molar-refractivity contribution is 5.50. The summed E-state index contributed by atoms with van der Waals surface area (Å²) in [5.74, 6) is 9.08. The summed E-state index contributed by atoms with van der Waals surface area (Å²) in [7, 11) is 0. The molecule has 37 heavy (non-hydrogen) atoms. The lowest BCUT2D eigenvalue weighted by atomic mass is 9.46. The highest BCUT2D eigenvalue weighted by Gasteiger charge is 2.69. The average Bonchev–Trinajstić information content (AvgIpc) is 3.28. The number of rotatable bonds is 2. The minimum atomic E-state index is -0.574. The van der Waals surface area contributed by atoms with E-state index in [0.717, 1.165) is 24.8 Å². The van der Waals surface area contributed by atoms with Crippen molar-refractivity contribution in [3.63, 3.8) is 0 Å². The average molecular weight is 502 g/mol. The van der Waals surface area contributed by atoms with E-state index < -0.39 is 5.54 Å². The Morgan fingerprint density at radius 3 is 2.62 bits per heavy atom. The van der Waals surface area contributed by atoms with Gasteiger partial charge in [0, 0.05) is 24.0 Å². The molecule has 3 saturated carbocycles. The van der Waals surface area contributed by atoms with Crippen LogP contribution in [0.4, 0.5) is 0 Å². The van der Waals surface area contributed by atoms with Gasteiger partial charge in [0.05, 0.1) is 23.0 Å². The maximum atomic E-state index is 10.4. The van der Waals surface area contributed by atoms with Crippen LogP contribution in [0.2, 0.25) is 0 Å². The van der Waals surface area contributed by atoms with E-state index in [1.807, 2.05) is 12.1 Å². The minimum Gasteiger partial charge on any atom is -0.508 e. The first-order valence-corrected chi connectivity index (χ1v) is 14.8. The van der Waals surface area contributed by atoms with Gasteiger partial charge < -0.3 is 20.7 Å². The van der Waals surface area contributed by atoms with Crippen LogP contribution in [0.25, 0.3) is 0 Å². The van der Waals surface area contributed by atoms with E-state index in [4.69, 9.17) is 10.5 Å². The number of hydrogen-bond donors (Lipinski definition) is 3. The summed E-state index contributed by atoms with van der Waals surface area (Å²) in [6, 6.07) is 5.96. The minimum absolute atomic E-state index is 0.0550. The number of nitrogens with two attached hydrogens (primary N) is 1. The van der Waals surface area contributed by atoms with Crippen molar-refractivity contribution in [3.05, 3.63) is 41.5 Å². The molecule has 0 amide bonds. The predicted molar refractivity (Wildman–Crippen MR) is 145 cm³/mol. The number of aliphatic hydroxyl groups excluding tert-OH is 1. The van der Waals surface area contributed by atoms with Crippen LogP contribution in [0.1, 0.15) is 101 Å². The Bertz CT molecular complexity index is 1190. The molecule has 2 saturated heterocycles. The normalized spacial score (nSPS) is 44.0. The van der Waals surface area contributed by atoms with E-state index in [1.54, 1.807) is 0 Å². The maximum Gasteiger partial charge on any atom is 0.115 e. The lowest BCUT2D eigenvalue weighted by Crippen LogP contribution is -2.77. The fourth-order valence-electron chi connectivity index (χ4n) is 10.6. The van der Waals surface area contributed by atoms with Gasteiger partial charge in [-0.3, -0.25) is 0 Å². The van der Waals surface area contributed by atoms with Gasteiger partial charge in [0.25, 0.3) is 0 Å². The first-order chi connectivity index (χ1) is 17.7. The Balaban J connectivity index is 1.46. The van der Waals surface area contributed by atoms with E-state index >= 15 is 0 Å². The SMILES string of the molecule is CC1(C)O[C@@]23CC[C@@H]1[C@](N)(CCO)[C@H]2C#C[C@@H]1C=C[C@H](c2ccc(O)cc21)[C@H]1C[C@@H]3CC2(CCCC2)C1. The van der Waals surface area contributed by atoms with Crippen LogP contribution in [0.15, 0.2) is 30.4 Å². The number of phenolic OH excluding ortho intramolecular Hbond substituents is 1. The van der Waals surface area contributed by atoms with E-state index in [2.05, 4.69) is 43.9 Å². The number of allylic oxidation sites excluding steroid dienone is 2. The van der Waals surface area contributed by atoms with Gasteiger partial charge in [-0.15, -0.1) is 0 Å². The van der Waals surface area contributed by atoms with Crippen LogP contribution in [0.3, 0.4) is 0 Å². The molecule has 2 aliphatic heterocycles. The summed E-state index contributed by atoms with van der Waals surface area (Å²) in [6.07, 6.45) is 16.3. The van der Waals surface area contributed by atoms with Gasteiger partial charge in [-0.05, 0) is 106 Å². The van der Waals surface area contributed by atoms with Gasteiger partial charge in [0.15, 0.2) is 0 Å². The molecule has 5 fully saturated rings. The van der Waals surface area contributed by atoms with Crippen LogP contribution in [0, 0.1) is 40.9 Å². The molecule has 2 spiro atoms. The smallest absolute Gasteiger partial charge is 0.115 e. The highest BCUT2D eigenvalue weighted by Crippen LogP contribution is 2.66. The largest absolute Gasteiger partial charge is 0.508 e. The zero-order chi connectivity index (χ0) is 25.6. The summed E-state index contributed by atoms with van der Waals surface area (Å²) < 4.78 is 7.33. The molecule has 7 aliphatic rings. The quantitative estimate of drug-likeness (QED) is 0.355. The van der Waals surface area contributed by atoms with Crippen molar-refractivity contribution in [3.8, 4) is 17.6 Å². The molecule has 4 N–H and O–H groups in total. The molecule has 4 heteroatoms. The Morgan fingerprint density at radius 2 is 1.86 bits per heavy atom. The molecule has 8 atom stereocenters. The van der Waals surface area contributed by atoms with Gasteiger partial charge >= 0.3 is 0 Å². The third-order valence-electron chi connectivity index (χ3n) is 11.8. The van der Waals surface area contributed by atoms with Crippen molar-refractivity contribution in [2.75, 3.05) is 6.61 Å². The van der Waals surface area contributed by atoms with E-state index in [9.17, 15) is 10.2 Å². The van der Waals surface area contributed by atoms with Crippen LogP contribution >= 0.6 is 0 Å². The van der Waals surface area contributed by atoms with Crippen LogP contribution in [-0.4, -0.2) is 33.6 Å². The van der Waals surface area contributed by atoms with Crippen molar-refractivity contribution in [2.24, 2.45) is 34.8 Å². The van der Waals surface area contributed by atoms with E-state index in [-0.39, 0.29) is 35.6 Å². The van der Waals surface area contributed by atoms with Gasteiger partial charge in [0.1, 0.15) is 5.75 Å². The summed E-state index contributed by atoms with van der Waals surface area (Å²) in [5, 5.41) is 20.7. The summed E-state index contributed by atoms with van der Waals surface area (Å²) >= 11 is 0. The lowest BCUT2D eigenvalue weighted by Gasteiger charge is -2.68. The molecule has 0 radical (unpaired) electrons. The highest BCUT2D eigenvalue weighted by atomic mass is 16.5. The monoisotopic (exact) mass is 501 g/mol. The molecular formula is C33H43NO3. The zero-order valence-corrected chi connectivity index (χ0v) is 22.5. The predicted octanol–water partition coefficient (Wildman–Crippen LogP) is 5.78. The molecule has 0 aromatic heterocycles. The van der Waals surface area contributed by atoms with Gasteiger partial charge in [0.2, 0.25) is 0 Å². The van der Waals surface area contributed by atoms with Crippen molar-refractivity contribution in [1.82, 2.24) is 0 Å². The fraction of sp³-hybridized carbons (Fsp3) is 0.697. The third-order valence-corrected chi connectivity index (χ3v) is 11.8. The molecule has 8 rings (SSSR count). The fourth-order valence-corrected chi connectivity index (χ4v) is 10.6. The number of benzene rings is 1. The number of phenols is 1. The van der Waals surface area contributed by atoms with Gasteiger partial charge in [-0.1, -0.05) is 42.9 Å². The van der Waals surface area contributed by atoms with Crippen molar-refractivity contribution in [1.29, 1.82) is 0 Å². The zero-order valence-electron chi connectivity index (χ0n) is 22.5. The molecule has 2 heterocycles. The van der Waals surface area contributed by atoms with Crippen molar-refractivity contribution in [2.45, 2.75) is 107 Å². The summed E-state index contributed by atoms with van der Waals surface area (Å²) in [5.41, 5.74) is 9.07. The van der Waals surface area contributed by atoms with Crippen LogP contribution < -0.4 is 5.73 Å². The number of aromatic hydroxyl groups is 1. The first kappa shape index (κ1) is 24.3. The molecule has 0 unspecified atom stereocenters. The molecule has 198 valence electrons. The van der Waals surface area contributed by atoms with Crippen molar-refractivity contribution < 1.29 is 14.9 Å². The molecular weight excluding hydrogens is 458 g/mol. The number of hydrogen-bond acceptors (Lipinski definition) is 4. The van der Waals surface area contributed by atoms with Crippen molar-refractivity contribution >= 4 is 0 Å². The standard InChI is InChI=1S/C33H43NO3/c1-30(2)28-11-14-33(37-30)23-17-22(19-31(20-23)12-3-4-13-31)25-8-5-21(27-18-24(36)7-9-26(25)27)6-10-29(33)32(28,34)15-16-35/h5,7-9,18,21-23,25,28-29,35-36H,3-4,11-17,19-20,34H2,1-2H3/t21-,22-,23+,25-,28-,29+,32+,33+/m0/s1. The van der Waals surface area contributed by atoms with Gasteiger partial charge in [-0.2, -0.15) is 0 Å². The molecule has 1 aromatic rings.